The van der Waals surface area contributed by atoms with Crippen molar-refractivity contribution in [2.75, 3.05) is 10.2 Å². The molecule has 5 nitrogen and oxygen atoms in total. The molecule has 0 radical (unpaired) electrons. The predicted molar refractivity (Wildman–Crippen MR) is 225 cm³/mol. The van der Waals surface area contributed by atoms with E-state index in [9.17, 15) is 0 Å². The molecule has 0 saturated carbocycles. The molecule has 0 fully saturated rings. The van der Waals surface area contributed by atoms with Gasteiger partial charge in [0, 0.05) is 68.4 Å². The van der Waals surface area contributed by atoms with Crippen LogP contribution in [0.2, 0.25) is 0 Å². The van der Waals surface area contributed by atoms with E-state index in [2.05, 4.69) is 148 Å². The van der Waals surface area contributed by atoms with Crippen molar-refractivity contribution in [1.82, 2.24) is 9.55 Å². The van der Waals surface area contributed by atoms with Gasteiger partial charge in [-0.25, -0.2) is 0 Å². The Morgan fingerprint density at radius 3 is 2.02 bits per heavy atom. The number of allylic oxidation sites excluding steroid dienone is 3. The van der Waals surface area contributed by atoms with Crippen LogP contribution in [-0.2, 0) is 0 Å². The molecule has 0 atom stereocenters. The summed E-state index contributed by atoms with van der Waals surface area (Å²) >= 11 is 0. The summed E-state index contributed by atoms with van der Waals surface area (Å²) in [6.07, 6.45) is 8.60. The van der Waals surface area contributed by atoms with Gasteiger partial charge in [0.15, 0.2) is 0 Å². The van der Waals surface area contributed by atoms with E-state index in [1.165, 1.54) is 6.21 Å². The summed E-state index contributed by atoms with van der Waals surface area (Å²) < 4.78 is 2.34. The molecule has 6 aromatic carbocycles. The Morgan fingerprint density at radius 1 is 0.679 bits per heavy atom. The highest BCUT2D eigenvalue weighted by Gasteiger charge is 2.20. The molecule has 8 rings (SSSR count). The highest BCUT2D eigenvalue weighted by molar-refractivity contribution is 6.14. The third-order valence-electron chi connectivity index (χ3n) is 9.51. The smallest absolute Gasteiger partial charge is 0.0701 e. The van der Waals surface area contributed by atoms with Crippen LogP contribution in [0.15, 0.2) is 189 Å². The van der Waals surface area contributed by atoms with Gasteiger partial charge in [-0.3, -0.25) is 4.98 Å². The number of rotatable bonds is 11. The quantitative estimate of drug-likeness (QED) is 0.105. The molecule has 0 aliphatic heterocycles. The number of nitrogens with zero attached hydrogens (tertiary/aromatic N) is 3. The average Bonchev–Trinajstić information content (AvgIpc) is 3.55. The molecule has 2 N–H and O–H groups in total. The number of nitrogens with one attached hydrogen (secondary N) is 2. The molecule has 0 saturated heterocycles. The van der Waals surface area contributed by atoms with Gasteiger partial charge in [-0.05, 0) is 102 Å². The van der Waals surface area contributed by atoms with Crippen LogP contribution >= 0.6 is 0 Å². The molecule has 0 bridgehead atoms. The molecule has 8 aromatic rings. The molecule has 2 aromatic heterocycles. The summed E-state index contributed by atoms with van der Waals surface area (Å²) in [6, 6.07) is 54.8. The van der Waals surface area contributed by atoms with E-state index < -0.39 is 0 Å². The lowest BCUT2D eigenvalue weighted by Gasteiger charge is -2.26. The molecule has 0 unspecified atom stereocenters. The summed E-state index contributed by atoms with van der Waals surface area (Å²) in [5.41, 5.74) is 13.2. The number of benzene rings is 6. The Hall–Kier alpha value is -7.24. The van der Waals surface area contributed by atoms with Crippen molar-refractivity contribution in [2.45, 2.75) is 0 Å². The van der Waals surface area contributed by atoms with Crippen molar-refractivity contribution in [3.8, 4) is 16.9 Å². The molecule has 53 heavy (non-hydrogen) atoms. The van der Waals surface area contributed by atoms with Crippen LogP contribution in [0, 0.1) is 5.41 Å². The van der Waals surface area contributed by atoms with Gasteiger partial charge in [0.1, 0.15) is 0 Å². The maximum absolute atomic E-state index is 7.60. The van der Waals surface area contributed by atoms with Crippen LogP contribution < -0.4 is 10.2 Å². The highest BCUT2D eigenvalue weighted by Crippen LogP contribution is 2.42. The van der Waals surface area contributed by atoms with Crippen molar-refractivity contribution in [2.24, 2.45) is 0 Å². The number of para-hydroxylation sites is 2. The zero-order valence-electron chi connectivity index (χ0n) is 29.2. The minimum Gasteiger partial charge on any atom is -0.355 e. The van der Waals surface area contributed by atoms with E-state index in [0.717, 1.165) is 83.9 Å². The van der Waals surface area contributed by atoms with Crippen LogP contribution in [0.4, 0.5) is 28.4 Å². The minimum atomic E-state index is 0.895. The summed E-state index contributed by atoms with van der Waals surface area (Å²) in [5, 5.41) is 13.5. The first-order valence-corrected chi connectivity index (χ1v) is 17.5. The third-order valence-corrected chi connectivity index (χ3v) is 9.51. The zero-order valence-corrected chi connectivity index (χ0v) is 29.2. The summed E-state index contributed by atoms with van der Waals surface area (Å²) in [5.74, 6) is 0. The molecule has 0 aliphatic carbocycles. The van der Waals surface area contributed by atoms with Gasteiger partial charge < -0.3 is 20.2 Å². The van der Waals surface area contributed by atoms with E-state index in [0.29, 0.717) is 0 Å². The Morgan fingerprint density at radius 2 is 1.36 bits per heavy atom. The normalized spacial score (nSPS) is 11.4. The average molecular weight is 684 g/mol. The second-order valence-corrected chi connectivity index (χ2v) is 12.6. The summed E-state index contributed by atoms with van der Waals surface area (Å²) in [7, 11) is 0. The van der Waals surface area contributed by atoms with Crippen LogP contribution in [0.1, 0.15) is 11.1 Å². The van der Waals surface area contributed by atoms with Crippen molar-refractivity contribution in [3.63, 3.8) is 0 Å². The third kappa shape index (κ3) is 6.32. The number of hydrogen-bond donors (Lipinski definition) is 2. The predicted octanol–water partition coefficient (Wildman–Crippen LogP) is 12.9. The lowest BCUT2D eigenvalue weighted by Crippen LogP contribution is -2.10. The standard InChI is InChI=1S/C48H37N5/c1-3-34(30-31-49)35-18-22-39(23-19-35)52(40-24-20-36(21-25-40)45-17-11-12-32-50-45)41-26-29-47-44(33-41)43-27-28-46(51-37-13-7-5-8-14-37)42(4-2)48(43)53(47)38-15-9-6-10-16-38/h3-33,49,51H,1-2H2/b34-30+,49-31?. The lowest BCUT2D eigenvalue weighted by atomic mass is 10.0. The van der Waals surface area contributed by atoms with Crippen LogP contribution in [-0.4, -0.2) is 15.8 Å². The summed E-state index contributed by atoms with van der Waals surface area (Å²) in [6.45, 7) is 8.25. The minimum absolute atomic E-state index is 0.895. The van der Waals surface area contributed by atoms with Gasteiger partial charge in [0.2, 0.25) is 0 Å². The SMILES string of the molecule is C=C/C(=C\C=N)c1ccc(N(c2ccc(-c3ccccn3)cc2)c2ccc3c(c2)c2ccc(Nc4ccccc4)c(C=C)c2n3-c2ccccc2)cc1. The van der Waals surface area contributed by atoms with Crippen molar-refractivity contribution < 1.29 is 0 Å². The van der Waals surface area contributed by atoms with E-state index in [1.54, 1.807) is 12.2 Å². The maximum atomic E-state index is 7.60. The van der Waals surface area contributed by atoms with Gasteiger partial charge >= 0.3 is 0 Å². The zero-order chi connectivity index (χ0) is 36.1. The van der Waals surface area contributed by atoms with Gasteiger partial charge in [-0.2, -0.15) is 0 Å². The molecule has 254 valence electrons. The molecule has 2 heterocycles. The fourth-order valence-corrected chi connectivity index (χ4v) is 7.04. The van der Waals surface area contributed by atoms with Crippen molar-refractivity contribution >= 4 is 68.1 Å². The van der Waals surface area contributed by atoms with E-state index >= 15 is 0 Å². The van der Waals surface area contributed by atoms with Crippen molar-refractivity contribution in [1.29, 1.82) is 5.41 Å². The first kappa shape index (κ1) is 32.9. The molecule has 0 spiro atoms. The van der Waals surface area contributed by atoms with Gasteiger partial charge in [-0.15, -0.1) is 0 Å². The van der Waals surface area contributed by atoms with Crippen LogP contribution in [0.5, 0.6) is 0 Å². The first-order valence-electron chi connectivity index (χ1n) is 17.5. The highest BCUT2D eigenvalue weighted by atomic mass is 15.1. The number of fused-ring (bicyclic) bond motifs is 3. The number of hydrogen-bond acceptors (Lipinski definition) is 4. The summed E-state index contributed by atoms with van der Waals surface area (Å²) in [4.78, 5) is 6.85. The second-order valence-electron chi connectivity index (χ2n) is 12.6. The molecular weight excluding hydrogens is 647 g/mol. The Bertz CT molecular complexity index is 2600. The topological polar surface area (TPSA) is 56.9 Å². The second kappa shape index (κ2) is 14.5. The fourth-order valence-electron chi connectivity index (χ4n) is 7.04. The molecule has 5 heteroatoms. The van der Waals surface area contributed by atoms with Crippen LogP contribution in [0.3, 0.4) is 0 Å². The van der Waals surface area contributed by atoms with Gasteiger partial charge in [-0.1, -0.05) is 98.1 Å². The number of aromatic nitrogens is 2. The molecule has 0 aliphatic rings. The monoisotopic (exact) mass is 683 g/mol. The maximum Gasteiger partial charge on any atom is 0.0701 e. The fraction of sp³-hybridized carbons (Fsp3) is 0. The van der Waals surface area contributed by atoms with Gasteiger partial charge in [0.25, 0.3) is 0 Å². The number of pyridine rings is 1. The molecule has 0 amide bonds. The van der Waals surface area contributed by atoms with E-state index in [-0.39, 0.29) is 0 Å². The number of anilines is 5. The lowest BCUT2D eigenvalue weighted by molar-refractivity contribution is 1.18. The van der Waals surface area contributed by atoms with Gasteiger partial charge in [0.05, 0.1) is 16.7 Å². The first-order chi connectivity index (χ1) is 26.2. The van der Waals surface area contributed by atoms with Crippen molar-refractivity contribution in [3.05, 3.63) is 200 Å². The Kier molecular flexibility index (Phi) is 9.04. The van der Waals surface area contributed by atoms with Crippen LogP contribution in [0.25, 0.3) is 50.4 Å². The Balaban J connectivity index is 1.33. The van der Waals surface area contributed by atoms with E-state index in [4.69, 9.17) is 5.41 Å². The largest absolute Gasteiger partial charge is 0.355 e. The van der Waals surface area contributed by atoms with E-state index in [1.807, 2.05) is 54.7 Å². The Labute approximate surface area is 309 Å². The molecular formula is C48H37N5.